The molecule has 4 aromatic heterocycles. The number of aromatic nitrogens is 6. The number of H-pyrrole nitrogens is 1. The predicted molar refractivity (Wildman–Crippen MR) is 120 cm³/mol. The Morgan fingerprint density at radius 2 is 1.83 bits per heavy atom. The number of nitrogens with one attached hydrogen (secondary N) is 2. The van der Waals surface area contributed by atoms with Crippen LogP contribution >= 0.6 is 0 Å². The number of alkyl halides is 3. The number of ether oxygens (including phenoxy) is 1. The number of aryl methyl sites for hydroxylation is 1. The van der Waals surface area contributed by atoms with Gasteiger partial charge in [0.05, 0.1) is 18.4 Å². The highest BCUT2D eigenvalue weighted by Crippen LogP contribution is 2.38. The van der Waals surface area contributed by atoms with E-state index in [-0.39, 0.29) is 57.0 Å². The Morgan fingerprint density at radius 3 is 2.47 bits per heavy atom. The number of nitrogens with zero attached hydrogens (tertiary/aromatic N) is 5. The number of methoxy groups -OCH3 is 1. The number of anilines is 1. The molecule has 5 aromatic rings. The molecule has 0 atom stereocenters. The fourth-order valence-electron chi connectivity index (χ4n) is 3.77. The molecule has 36 heavy (non-hydrogen) atoms. The lowest BCUT2D eigenvalue weighted by Gasteiger charge is -2.07. The van der Waals surface area contributed by atoms with E-state index in [1.54, 1.807) is 18.2 Å². The van der Waals surface area contributed by atoms with Crippen LogP contribution in [0.4, 0.5) is 19.1 Å². The van der Waals surface area contributed by atoms with Crippen LogP contribution in [0.3, 0.4) is 0 Å². The molecule has 0 aliphatic carbocycles. The molecule has 0 aliphatic rings. The third-order valence-electron chi connectivity index (χ3n) is 5.23. The summed E-state index contributed by atoms with van der Waals surface area (Å²) in [7, 11) is 1.31. The van der Waals surface area contributed by atoms with Crippen LogP contribution in [0, 0.1) is 6.92 Å². The van der Waals surface area contributed by atoms with E-state index >= 15 is 0 Å². The highest BCUT2D eigenvalue weighted by molar-refractivity contribution is 5.88. The van der Waals surface area contributed by atoms with Gasteiger partial charge >= 0.3 is 6.18 Å². The second-order valence-electron chi connectivity index (χ2n) is 7.67. The molecule has 11 nitrogen and oxygen atoms in total. The Morgan fingerprint density at radius 1 is 1.11 bits per heavy atom. The topological polar surface area (TPSA) is 140 Å². The monoisotopic (exact) mass is 499 g/mol. The molecule has 0 bridgehead atoms. The second kappa shape index (κ2) is 8.18. The first-order valence-electron chi connectivity index (χ1n) is 10.4. The summed E-state index contributed by atoms with van der Waals surface area (Å²) in [6, 6.07) is 7.81. The number of amides is 1. The summed E-state index contributed by atoms with van der Waals surface area (Å²) in [5, 5.41) is 4.53. The molecule has 0 saturated heterocycles. The SMILES string of the molecule is COc1nc(NC(C)=O)nc2oc(-c3c(C)nc4c(-c5ccccc5)c(C(F)(F)F)[nH]n4c3=O)nc12. The quantitative estimate of drug-likeness (QED) is 0.382. The van der Waals surface area contributed by atoms with Crippen LogP contribution in [0.25, 0.3) is 39.5 Å². The maximum Gasteiger partial charge on any atom is 0.433 e. The molecule has 0 fully saturated rings. The van der Waals surface area contributed by atoms with E-state index in [2.05, 4.69) is 30.4 Å². The number of rotatable bonds is 4. The van der Waals surface area contributed by atoms with Gasteiger partial charge in [-0.2, -0.15) is 27.7 Å². The van der Waals surface area contributed by atoms with Crippen molar-refractivity contribution in [3.8, 4) is 28.5 Å². The van der Waals surface area contributed by atoms with E-state index < -0.39 is 23.3 Å². The number of hydrogen-bond donors (Lipinski definition) is 2. The van der Waals surface area contributed by atoms with E-state index in [4.69, 9.17) is 9.15 Å². The molecule has 1 amide bonds. The van der Waals surface area contributed by atoms with Crippen molar-refractivity contribution in [3.05, 3.63) is 52.1 Å². The first-order chi connectivity index (χ1) is 17.1. The normalized spacial score (nSPS) is 11.8. The maximum absolute atomic E-state index is 13.9. The molecule has 0 saturated carbocycles. The minimum atomic E-state index is -4.79. The van der Waals surface area contributed by atoms with Crippen molar-refractivity contribution < 1.29 is 27.1 Å². The number of aromatic amines is 1. The molecule has 0 unspecified atom stereocenters. The van der Waals surface area contributed by atoms with Gasteiger partial charge in [0, 0.05) is 6.92 Å². The molecule has 5 rings (SSSR count). The molecule has 14 heteroatoms. The van der Waals surface area contributed by atoms with Gasteiger partial charge < -0.3 is 9.15 Å². The Bertz CT molecular complexity index is 1700. The van der Waals surface area contributed by atoms with Gasteiger partial charge in [0.15, 0.2) is 11.2 Å². The molecular formula is C22H16F3N7O4. The van der Waals surface area contributed by atoms with Crippen molar-refractivity contribution in [3.63, 3.8) is 0 Å². The average molecular weight is 499 g/mol. The summed E-state index contributed by atoms with van der Waals surface area (Å²) in [6.07, 6.45) is -4.79. The van der Waals surface area contributed by atoms with Crippen LogP contribution in [0.15, 0.2) is 39.5 Å². The Hall–Kier alpha value is -4.75. The van der Waals surface area contributed by atoms with E-state index in [1.165, 1.54) is 33.1 Å². The predicted octanol–water partition coefficient (Wildman–Crippen LogP) is 3.58. The Kier molecular flexibility index (Phi) is 5.23. The lowest BCUT2D eigenvalue weighted by atomic mass is 10.1. The number of oxazole rings is 1. The summed E-state index contributed by atoms with van der Waals surface area (Å²) >= 11 is 0. The molecule has 0 radical (unpaired) electrons. The number of carbonyl (C=O) groups excluding carboxylic acids is 1. The average Bonchev–Trinajstić information content (AvgIpc) is 3.40. The number of halogens is 3. The van der Waals surface area contributed by atoms with Crippen molar-refractivity contribution in [2.24, 2.45) is 0 Å². The third-order valence-corrected chi connectivity index (χ3v) is 5.23. The van der Waals surface area contributed by atoms with Crippen molar-refractivity contribution >= 4 is 28.7 Å². The Labute approximate surface area is 199 Å². The number of hydrogen-bond acceptors (Lipinski definition) is 8. The van der Waals surface area contributed by atoms with Gasteiger partial charge in [0.25, 0.3) is 11.3 Å². The van der Waals surface area contributed by atoms with Gasteiger partial charge in [0.1, 0.15) is 11.3 Å². The summed E-state index contributed by atoms with van der Waals surface area (Å²) in [4.78, 5) is 41.4. The second-order valence-corrected chi connectivity index (χ2v) is 7.67. The number of carbonyl (C=O) groups is 1. The largest absolute Gasteiger partial charge is 0.479 e. The zero-order valence-electron chi connectivity index (χ0n) is 18.9. The van der Waals surface area contributed by atoms with Gasteiger partial charge in [0.2, 0.25) is 23.6 Å². The summed E-state index contributed by atoms with van der Waals surface area (Å²) in [5.74, 6) is -0.868. The van der Waals surface area contributed by atoms with Crippen LogP contribution in [-0.4, -0.2) is 42.6 Å². The van der Waals surface area contributed by atoms with Crippen LogP contribution in [-0.2, 0) is 11.0 Å². The van der Waals surface area contributed by atoms with Crippen molar-refractivity contribution in [2.75, 3.05) is 12.4 Å². The third kappa shape index (κ3) is 3.72. The lowest BCUT2D eigenvalue weighted by molar-refractivity contribution is -0.140. The molecular weight excluding hydrogens is 483 g/mol. The molecule has 4 heterocycles. The summed E-state index contributed by atoms with van der Waals surface area (Å²) in [6.45, 7) is 2.71. The lowest BCUT2D eigenvalue weighted by Crippen LogP contribution is -2.20. The fourth-order valence-corrected chi connectivity index (χ4v) is 3.77. The van der Waals surface area contributed by atoms with Gasteiger partial charge in [-0.1, -0.05) is 30.3 Å². The number of benzene rings is 1. The first kappa shape index (κ1) is 23.0. The minimum absolute atomic E-state index is 0.0398. The van der Waals surface area contributed by atoms with Crippen LogP contribution in [0.5, 0.6) is 5.88 Å². The highest BCUT2D eigenvalue weighted by Gasteiger charge is 2.38. The van der Waals surface area contributed by atoms with E-state index in [0.29, 0.717) is 4.52 Å². The summed E-state index contributed by atoms with van der Waals surface area (Å²) in [5.41, 5.74) is -2.43. The van der Waals surface area contributed by atoms with Gasteiger partial charge in [-0.3, -0.25) is 20.0 Å². The van der Waals surface area contributed by atoms with E-state index in [1.807, 2.05) is 0 Å². The molecule has 1 aromatic carbocycles. The van der Waals surface area contributed by atoms with Gasteiger partial charge in [-0.25, -0.2) is 9.97 Å². The minimum Gasteiger partial charge on any atom is -0.479 e. The van der Waals surface area contributed by atoms with E-state index in [9.17, 15) is 22.8 Å². The number of fused-ring (bicyclic) bond motifs is 2. The van der Waals surface area contributed by atoms with Crippen LogP contribution in [0.2, 0.25) is 0 Å². The zero-order valence-corrected chi connectivity index (χ0v) is 18.9. The summed E-state index contributed by atoms with van der Waals surface area (Å²) < 4.78 is 53.3. The van der Waals surface area contributed by atoms with Gasteiger partial charge in [-0.05, 0) is 12.5 Å². The molecule has 0 spiro atoms. The fraction of sp³-hybridized carbons (Fsp3) is 0.182. The van der Waals surface area contributed by atoms with Crippen molar-refractivity contribution in [1.29, 1.82) is 0 Å². The van der Waals surface area contributed by atoms with Crippen LogP contribution in [0.1, 0.15) is 18.3 Å². The van der Waals surface area contributed by atoms with Crippen molar-refractivity contribution in [2.45, 2.75) is 20.0 Å². The standard InChI is InChI=1S/C22H16F3N7O4/c1-9-12(17-28-14-18(35-3)29-21(27-10(2)33)30-19(14)36-17)20(34)32-16(26-9)13(11-7-5-4-6-8-11)15(31-32)22(23,24)25/h4-8,31H,1-3H3,(H,27,29,30,33). The smallest absolute Gasteiger partial charge is 0.433 e. The van der Waals surface area contributed by atoms with E-state index in [0.717, 1.165) is 0 Å². The Balaban J connectivity index is 1.77. The maximum atomic E-state index is 13.9. The molecule has 184 valence electrons. The highest BCUT2D eigenvalue weighted by atomic mass is 19.4. The van der Waals surface area contributed by atoms with Gasteiger partial charge in [-0.15, -0.1) is 0 Å². The first-order valence-corrected chi connectivity index (χ1v) is 10.4. The van der Waals surface area contributed by atoms with Crippen LogP contribution < -0.4 is 15.6 Å². The molecule has 0 aliphatic heterocycles. The zero-order chi connectivity index (χ0) is 25.8. The molecule has 2 N–H and O–H groups in total. The van der Waals surface area contributed by atoms with Crippen molar-refractivity contribution in [1.82, 2.24) is 29.5 Å².